The molecule has 0 radical (unpaired) electrons. The highest BCUT2D eigenvalue weighted by Gasteiger charge is 2.09. The number of aliphatic carboxylic acids is 1. The van der Waals surface area contributed by atoms with E-state index in [0.29, 0.717) is 11.6 Å². The SMILES string of the molecule is O=C(O)Cc1nnc2ncc(Br)cn12. The molecule has 0 aliphatic heterocycles. The van der Waals surface area contributed by atoms with Crippen LogP contribution in [0.25, 0.3) is 5.78 Å². The minimum absolute atomic E-state index is 0.167. The molecule has 2 rings (SSSR count). The van der Waals surface area contributed by atoms with E-state index >= 15 is 0 Å². The Morgan fingerprint density at radius 1 is 1.57 bits per heavy atom. The summed E-state index contributed by atoms with van der Waals surface area (Å²) in [5.74, 6) is -0.190. The quantitative estimate of drug-likeness (QED) is 0.847. The zero-order valence-corrected chi connectivity index (χ0v) is 8.47. The van der Waals surface area contributed by atoms with E-state index in [1.165, 1.54) is 4.40 Å². The maximum atomic E-state index is 10.5. The molecular formula is C7H5BrN4O2. The van der Waals surface area contributed by atoms with Gasteiger partial charge in [-0.2, -0.15) is 0 Å². The molecule has 1 N–H and O–H groups in total. The molecule has 2 heterocycles. The van der Waals surface area contributed by atoms with Crippen LogP contribution in [0.2, 0.25) is 0 Å². The summed E-state index contributed by atoms with van der Waals surface area (Å²) in [6.45, 7) is 0. The fourth-order valence-electron chi connectivity index (χ4n) is 1.07. The van der Waals surface area contributed by atoms with E-state index in [1.54, 1.807) is 12.4 Å². The van der Waals surface area contributed by atoms with Crippen LogP contribution in [0.4, 0.5) is 0 Å². The Labute approximate surface area is 86.7 Å². The van der Waals surface area contributed by atoms with E-state index in [4.69, 9.17) is 5.11 Å². The van der Waals surface area contributed by atoms with E-state index in [9.17, 15) is 4.79 Å². The Balaban J connectivity index is 2.55. The predicted octanol–water partition coefficient (Wildman–Crippen LogP) is 0.514. The standard InChI is InChI=1S/C7H5BrN4O2/c8-4-2-9-7-11-10-5(1-6(13)14)12(7)3-4/h2-3H,1H2,(H,13,14). The second-order valence-corrected chi connectivity index (χ2v) is 3.54. The fraction of sp³-hybridized carbons (Fsp3) is 0.143. The molecule has 0 aromatic carbocycles. The fourth-order valence-corrected chi connectivity index (χ4v) is 1.37. The van der Waals surface area contributed by atoms with Gasteiger partial charge in [0.25, 0.3) is 5.78 Å². The Hall–Kier alpha value is -1.50. The topological polar surface area (TPSA) is 80.4 Å². The van der Waals surface area contributed by atoms with Crippen molar-refractivity contribution in [3.05, 3.63) is 22.7 Å². The third-order valence-electron chi connectivity index (χ3n) is 1.61. The summed E-state index contributed by atoms with van der Waals surface area (Å²) in [7, 11) is 0. The van der Waals surface area contributed by atoms with Crippen LogP contribution in [0.1, 0.15) is 5.82 Å². The first-order valence-corrected chi connectivity index (χ1v) is 4.53. The number of hydrogen-bond acceptors (Lipinski definition) is 4. The number of rotatable bonds is 2. The smallest absolute Gasteiger partial charge is 0.311 e. The highest BCUT2D eigenvalue weighted by molar-refractivity contribution is 9.10. The molecule has 72 valence electrons. The van der Waals surface area contributed by atoms with Crippen LogP contribution in [0.5, 0.6) is 0 Å². The molecule has 0 bridgehead atoms. The van der Waals surface area contributed by atoms with E-state index in [-0.39, 0.29) is 6.42 Å². The first-order chi connectivity index (χ1) is 6.66. The van der Waals surface area contributed by atoms with Gasteiger partial charge in [0.1, 0.15) is 12.2 Å². The zero-order chi connectivity index (χ0) is 10.1. The van der Waals surface area contributed by atoms with Crippen LogP contribution in [0, 0.1) is 0 Å². The van der Waals surface area contributed by atoms with Crippen LogP contribution in [0.15, 0.2) is 16.9 Å². The van der Waals surface area contributed by atoms with E-state index in [0.717, 1.165) is 4.47 Å². The summed E-state index contributed by atoms with van der Waals surface area (Å²) >= 11 is 3.23. The molecule has 0 saturated heterocycles. The predicted molar refractivity (Wildman–Crippen MR) is 49.8 cm³/mol. The van der Waals surface area contributed by atoms with Crippen molar-refractivity contribution in [3.8, 4) is 0 Å². The van der Waals surface area contributed by atoms with Crippen molar-refractivity contribution in [3.63, 3.8) is 0 Å². The van der Waals surface area contributed by atoms with Crippen LogP contribution in [0.3, 0.4) is 0 Å². The highest BCUT2D eigenvalue weighted by atomic mass is 79.9. The van der Waals surface area contributed by atoms with Gasteiger partial charge >= 0.3 is 5.97 Å². The van der Waals surface area contributed by atoms with Gasteiger partial charge in [-0.05, 0) is 15.9 Å². The van der Waals surface area contributed by atoms with Gasteiger partial charge < -0.3 is 5.11 Å². The molecular weight excluding hydrogens is 252 g/mol. The van der Waals surface area contributed by atoms with Gasteiger partial charge in [-0.15, -0.1) is 10.2 Å². The highest BCUT2D eigenvalue weighted by Crippen LogP contribution is 2.09. The van der Waals surface area contributed by atoms with Crippen molar-refractivity contribution in [2.45, 2.75) is 6.42 Å². The second kappa shape index (κ2) is 3.33. The van der Waals surface area contributed by atoms with Crippen molar-refractivity contribution in [2.75, 3.05) is 0 Å². The van der Waals surface area contributed by atoms with Gasteiger partial charge in [0.15, 0.2) is 0 Å². The van der Waals surface area contributed by atoms with Crippen molar-refractivity contribution >= 4 is 27.7 Å². The molecule has 0 unspecified atom stereocenters. The monoisotopic (exact) mass is 256 g/mol. The molecule has 0 spiro atoms. The Bertz CT molecular complexity index is 495. The number of halogens is 1. The number of hydrogen-bond donors (Lipinski definition) is 1. The second-order valence-electron chi connectivity index (χ2n) is 2.63. The van der Waals surface area contributed by atoms with Crippen LogP contribution >= 0.6 is 15.9 Å². The van der Waals surface area contributed by atoms with Crippen LogP contribution < -0.4 is 0 Å². The molecule has 0 fully saturated rings. The third-order valence-corrected chi connectivity index (χ3v) is 2.02. The average molecular weight is 257 g/mol. The largest absolute Gasteiger partial charge is 0.481 e. The normalized spacial score (nSPS) is 10.6. The summed E-state index contributed by atoms with van der Waals surface area (Å²) in [6, 6.07) is 0. The van der Waals surface area contributed by atoms with E-state index < -0.39 is 5.97 Å². The van der Waals surface area contributed by atoms with Crippen molar-refractivity contribution in [1.82, 2.24) is 19.6 Å². The summed E-state index contributed by atoms with van der Waals surface area (Å²) < 4.78 is 2.29. The molecule has 0 amide bonds. The van der Waals surface area contributed by atoms with Gasteiger partial charge in [-0.1, -0.05) is 0 Å². The van der Waals surface area contributed by atoms with Gasteiger partial charge in [0.2, 0.25) is 0 Å². The molecule has 0 aliphatic rings. The minimum Gasteiger partial charge on any atom is -0.481 e. The van der Waals surface area contributed by atoms with Gasteiger partial charge in [-0.3, -0.25) is 9.20 Å². The number of carbonyl (C=O) groups is 1. The lowest BCUT2D eigenvalue weighted by molar-refractivity contribution is -0.136. The summed E-state index contributed by atoms with van der Waals surface area (Å²) in [6.07, 6.45) is 3.09. The lowest BCUT2D eigenvalue weighted by Gasteiger charge is -1.95. The molecule has 14 heavy (non-hydrogen) atoms. The van der Waals surface area contributed by atoms with Crippen molar-refractivity contribution in [2.24, 2.45) is 0 Å². The lowest BCUT2D eigenvalue weighted by Crippen LogP contribution is -2.04. The number of aromatic nitrogens is 4. The number of nitrogens with zero attached hydrogens (tertiary/aromatic N) is 4. The van der Waals surface area contributed by atoms with Crippen molar-refractivity contribution < 1.29 is 9.90 Å². The number of carboxylic acids is 1. The molecule has 7 heteroatoms. The first kappa shape index (κ1) is 9.07. The number of carboxylic acid groups (broad SMARTS) is 1. The average Bonchev–Trinajstić information content (AvgIpc) is 2.47. The van der Waals surface area contributed by atoms with E-state index in [1.807, 2.05) is 0 Å². The van der Waals surface area contributed by atoms with Crippen molar-refractivity contribution in [1.29, 1.82) is 0 Å². The number of fused-ring (bicyclic) bond motifs is 1. The zero-order valence-electron chi connectivity index (χ0n) is 6.88. The molecule has 2 aromatic heterocycles. The molecule has 0 saturated carbocycles. The van der Waals surface area contributed by atoms with Gasteiger partial charge in [0, 0.05) is 12.4 Å². The Kier molecular flexibility index (Phi) is 2.16. The van der Waals surface area contributed by atoms with E-state index in [2.05, 4.69) is 31.1 Å². The Morgan fingerprint density at radius 2 is 2.36 bits per heavy atom. The molecule has 0 aliphatic carbocycles. The molecule has 2 aromatic rings. The molecule has 6 nitrogen and oxygen atoms in total. The maximum Gasteiger partial charge on any atom is 0.311 e. The van der Waals surface area contributed by atoms with Crippen LogP contribution in [-0.2, 0) is 11.2 Å². The van der Waals surface area contributed by atoms with Gasteiger partial charge in [0.05, 0.1) is 4.47 Å². The first-order valence-electron chi connectivity index (χ1n) is 3.74. The maximum absolute atomic E-state index is 10.5. The summed E-state index contributed by atoms with van der Waals surface area (Å²) in [5.41, 5.74) is 0. The lowest BCUT2D eigenvalue weighted by atomic mass is 10.4. The third kappa shape index (κ3) is 1.58. The Morgan fingerprint density at radius 3 is 3.07 bits per heavy atom. The molecule has 0 atom stereocenters. The minimum atomic E-state index is -0.945. The summed E-state index contributed by atoms with van der Waals surface area (Å²) in [5, 5.41) is 16.1. The summed E-state index contributed by atoms with van der Waals surface area (Å²) in [4.78, 5) is 14.4. The van der Waals surface area contributed by atoms with Gasteiger partial charge in [-0.25, -0.2) is 4.98 Å². The van der Waals surface area contributed by atoms with Crippen LogP contribution in [-0.4, -0.2) is 30.7 Å².